The molecule has 0 spiro atoms. The van der Waals surface area contributed by atoms with Crippen LogP contribution in [0.5, 0.6) is 0 Å². The van der Waals surface area contributed by atoms with Crippen molar-refractivity contribution in [2.24, 2.45) is 11.8 Å². The maximum absolute atomic E-state index is 13.2. The van der Waals surface area contributed by atoms with Crippen LogP contribution in [0.2, 0.25) is 0 Å². The number of Topliss-reactive ketones (excluding diaryl/α,β-unsaturated/α-hetero) is 1. The maximum Gasteiger partial charge on any atom is 0.166 e. The monoisotopic (exact) mass is 375 g/mol. The molecule has 0 aliphatic carbocycles. The summed E-state index contributed by atoms with van der Waals surface area (Å²) in [5, 5.41) is 0. The lowest BCUT2D eigenvalue weighted by Gasteiger charge is -2.48. The Bertz CT molecular complexity index is 766. The number of ketones is 1. The first-order valence-electron chi connectivity index (χ1n) is 11.0. The molecule has 4 rings (SSSR count). The minimum Gasteiger partial charge on any atom is -0.294 e. The van der Waals surface area contributed by atoms with Crippen LogP contribution in [0, 0.1) is 11.8 Å². The van der Waals surface area contributed by atoms with Gasteiger partial charge in [-0.05, 0) is 49.1 Å². The van der Waals surface area contributed by atoms with Crippen LogP contribution >= 0.6 is 0 Å². The van der Waals surface area contributed by atoms with Gasteiger partial charge in [-0.3, -0.25) is 9.69 Å². The van der Waals surface area contributed by atoms with Crippen LogP contribution in [-0.2, 0) is 13.0 Å². The Morgan fingerprint density at radius 1 is 0.929 bits per heavy atom. The van der Waals surface area contributed by atoms with Crippen molar-refractivity contribution in [3.05, 3.63) is 71.3 Å². The zero-order valence-electron chi connectivity index (χ0n) is 17.3. The smallest absolute Gasteiger partial charge is 0.166 e. The van der Waals surface area contributed by atoms with Crippen LogP contribution in [0.1, 0.15) is 67.4 Å². The number of rotatable bonds is 6. The van der Waals surface area contributed by atoms with Crippen LogP contribution in [-0.4, -0.2) is 22.8 Å². The minimum atomic E-state index is 0.193. The van der Waals surface area contributed by atoms with E-state index in [1.807, 2.05) is 0 Å². The Kier molecular flexibility index (Phi) is 5.96. The summed E-state index contributed by atoms with van der Waals surface area (Å²) in [5.41, 5.74) is 3.64. The van der Waals surface area contributed by atoms with E-state index in [4.69, 9.17) is 0 Å². The molecule has 2 nitrogen and oxygen atoms in total. The van der Waals surface area contributed by atoms with Gasteiger partial charge in [-0.1, -0.05) is 74.9 Å². The van der Waals surface area contributed by atoms with Gasteiger partial charge in [0.1, 0.15) is 0 Å². The lowest BCUT2D eigenvalue weighted by molar-refractivity contribution is 0.00906. The molecule has 2 heterocycles. The third-order valence-corrected chi connectivity index (χ3v) is 6.59. The molecule has 0 aromatic heterocycles. The molecule has 2 aliphatic heterocycles. The van der Waals surface area contributed by atoms with Gasteiger partial charge in [0.25, 0.3) is 0 Å². The summed E-state index contributed by atoms with van der Waals surface area (Å²) in [6, 6.07) is 20.3. The first-order valence-corrected chi connectivity index (χ1v) is 11.0. The van der Waals surface area contributed by atoms with E-state index < -0.39 is 0 Å². The fourth-order valence-electron chi connectivity index (χ4n) is 5.26. The van der Waals surface area contributed by atoms with Crippen molar-refractivity contribution < 1.29 is 4.79 Å². The molecular formula is C26H33NO. The average Bonchev–Trinajstić information content (AvgIpc) is 2.68. The van der Waals surface area contributed by atoms with Gasteiger partial charge < -0.3 is 0 Å². The third kappa shape index (κ3) is 4.38. The van der Waals surface area contributed by atoms with Gasteiger partial charge in [0.05, 0.1) is 0 Å². The number of hydrogen-bond donors (Lipinski definition) is 0. The molecule has 2 aliphatic rings. The van der Waals surface area contributed by atoms with E-state index in [0.717, 1.165) is 31.4 Å². The van der Waals surface area contributed by atoms with Crippen molar-refractivity contribution >= 4 is 5.78 Å². The maximum atomic E-state index is 13.2. The molecule has 2 unspecified atom stereocenters. The number of fused-ring (bicyclic) bond motifs is 2. The summed E-state index contributed by atoms with van der Waals surface area (Å²) in [5.74, 6) is 1.21. The van der Waals surface area contributed by atoms with Crippen molar-refractivity contribution in [3.8, 4) is 0 Å². The standard InChI is InChI=1S/C26H33NO/c1-19(2)15-20-11-13-22(14-12-20)26(28)23-16-24-9-6-10-25(17-23)27(24)18-21-7-4-3-5-8-21/h3-5,7-8,11-14,19,23-25H,6,9-10,15-18H2,1-2H3. The van der Waals surface area contributed by atoms with E-state index in [2.05, 4.69) is 73.3 Å². The molecular weight excluding hydrogens is 342 g/mol. The van der Waals surface area contributed by atoms with Crippen molar-refractivity contribution in [1.29, 1.82) is 0 Å². The van der Waals surface area contributed by atoms with Crippen LogP contribution < -0.4 is 0 Å². The molecule has 2 aromatic rings. The Morgan fingerprint density at radius 2 is 1.57 bits per heavy atom. The van der Waals surface area contributed by atoms with Gasteiger partial charge in [0.2, 0.25) is 0 Å². The highest BCUT2D eigenvalue weighted by Crippen LogP contribution is 2.39. The van der Waals surface area contributed by atoms with Crippen LogP contribution in [0.15, 0.2) is 54.6 Å². The zero-order valence-corrected chi connectivity index (χ0v) is 17.3. The molecule has 2 fully saturated rings. The molecule has 2 aromatic carbocycles. The highest BCUT2D eigenvalue weighted by Gasteiger charge is 2.40. The van der Waals surface area contributed by atoms with Gasteiger partial charge in [-0.15, -0.1) is 0 Å². The second kappa shape index (κ2) is 8.61. The minimum absolute atomic E-state index is 0.193. The number of carbonyl (C=O) groups is 1. The summed E-state index contributed by atoms with van der Waals surface area (Å²) in [4.78, 5) is 15.9. The quantitative estimate of drug-likeness (QED) is 0.586. The van der Waals surface area contributed by atoms with E-state index in [0.29, 0.717) is 23.8 Å². The summed E-state index contributed by atoms with van der Waals surface area (Å²) < 4.78 is 0. The highest BCUT2D eigenvalue weighted by atomic mass is 16.1. The summed E-state index contributed by atoms with van der Waals surface area (Å²) in [6.07, 6.45) is 6.91. The third-order valence-electron chi connectivity index (χ3n) is 6.59. The van der Waals surface area contributed by atoms with E-state index in [9.17, 15) is 4.79 Å². The molecule has 2 saturated heterocycles. The lowest BCUT2D eigenvalue weighted by atomic mass is 9.75. The van der Waals surface area contributed by atoms with E-state index in [1.165, 1.54) is 30.4 Å². The largest absolute Gasteiger partial charge is 0.294 e. The molecule has 28 heavy (non-hydrogen) atoms. The second-order valence-corrected chi connectivity index (χ2v) is 9.22. The average molecular weight is 376 g/mol. The van der Waals surface area contributed by atoms with Crippen molar-refractivity contribution in [2.75, 3.05) is 0 Å². The topological polar surface area (TPSA) is 20.3 Å². The second-order valence-electron chi connectivity index (χ2n) is 9.22. The van der Waals surface area contributed by atoms with Crippen molar-refractivity contribution in [1.82, 2.24) is 4.90 Å². The summed E-state index contributed by atoms with van der Waals surface area (Å²) >= 11 is 0. The van der Waals surface area contributed by atoms with Crippen LogP contribution in [0.4, 0.5) is 0 Å². The van der Waals surface area contributed by atoms with E-state index in [1.54, 1.807) is 0 Å². The number of nitrogens with zero attached hydrogens (tertiary/aromatic N) is 1. The number of hydrogen-bond acceptors (Lipinski definition) is 2. The molecule has 0 N–H and O–H groups in total. The number of carbonyl (C=O) groups excluding carboxylic acids is 1. The Balaban J connectivity index is 1.44. The van der Waals surface area contributed by atoms with E-state index >= 15 is 0 Å². The Labute approximate surface area is 170 Å². The molecule has 2 bridgehead atoms. The molecule has 0 radical (unpaired) electrons. The first-order chi connectivity index (χ1) is 13.6. The lowest BCUT2D eigenvalue weighted by Crippen LogP contribution is -2.52. The molecule has 2 heteroatoms. The Morgan fingerprint density at radius 3 is 2.18 bits per heavy atom. The summed E-state index contributed by atoms with van der Waals surface area (Å²) in [6.45, 7) is 5.50. The summed E-state index contributed by atoms with van der Waals surface area (Å²) in [7, 11) is 0. The first kappa shape index (κ1) is 19.4. The Hall–Kier alpha value is -1.93. The number of piperidine rings is 2. The van der Waals surface area contributed by atoms with Gasteiger partial charge >= 0.3 is 0 Å². The van der Waals surface area contributed by atoms with Crippen molar-refractivity contribution in [3.63, 3.8) is 0 Å². The predicted octanol–water partition coefficient (Wildman–Crippen LogP) is 5.90. The SMILES string of the molecule is CC(C)Cc1ccc(C(=O)C2CC3CCCC(C2)N3Cc2ccccc2)cc1. The van der Waals surface area contributed by atoms with Crippen molar-refractivity contribution in [2.45, 2.75) is 71.0 Å². The zero-order chi connectivity index (χ0) is 19.5. The predicted molar refractivity (Wildman–Crippen MR) is 115 cm³/mol. The normalized spacial score (nSPS) is 25.0. The van der Waals surface area contributed by atoms with Crippen LogP contribution in [0.3, 0.4) is 0 Å². The van der Waals surface area contributed by atoms with Gasteiger partial charge in [0.15, 0.2) is 5.78 Å². The fourth-order valence-corrected chi connectivity index (χ4v) is 5.26. The van der Waals surface area contributed by atoms with E-state index in [-0.39, 0.29) is 5.92 Å². The highest BCUT2D eigenvalue weighted by molar-refractivity contribution is 5.98. The van der Waals surface area contributed by atoms with Gasteiger partial charge in [-0.2, -0.15) is 0 Å². The number of benzene rings is 2. The van der Waals surface area contributed by atoms with Gasteiger partial charge in [-0.25, -0.2) is 0 Å². The van der Waals surface area contributed by atoms with Crippen LogP contribution in [0.25, 0.3) is 0 Å². The molecule has 0 saturated carbocycles. The fraction of sp³-hybridized carbons (Fsp3) is 0.500. The molecule has 148 valence electrons. The molecule has 2 atom stereocenters. The molecule has 0 amide bonds. The van der Waals surface area contributed by atoms with Gasteiger partial charge in [0, 0.05) is 30.1 Å².